The zero-order chi connectivity index (χ0) is 17.2. The Morgan fingerprint density at radius 2 is 1.92 bits per heavy atom. The second-order valence-electron chi connectivity index (χ2n) is 5.65. The Balaban J connectivity index is 1.46. The van der Waals surface area contributed by atoms with Gasteiger partial charge in [-0.3, -0.25) is 5.10 Å². The fourth-order valence-electron chi connectivity index (χ4n) is 2.56. The highest BCUT2D eigenvalue weighted by Gasteiger charge is 2.08. The van der Waals surface area contributed by atoms with E-state index in [-0.39, 0.29) is 0 Å². The molecule has 5 nitrogen and oxygen atoms in total. The minimum absolute atomic E-state index is 0.691. The summed E-state index contributed by atoms with van der Waals surface area (Å²) in [5.74, 6) is 1.48. The van der Waals surface area contributed by atoms with Crippen LogP contribution in [-0.2, 0) is 12.2 Å². The number of nitrogens with one attached hydrogen (secondary N) is 1. The lowest BCUT2D eigenvalue weighted by atomic mass is 10.1. The van der Waals surface area contributed by atoms with Gasteiger partial charge in [0.15, 0.2) is 5.82 Å². The van der Waals surface area contributed by atoms with E-state index in [2.05, 4.69) is 51.4 Å². The Morgan fingerprint density at radius 1 is 1.08 bits per heavy atom. The van der Waals surface area contributed by atoms with Crippen LogP contribution < -0.4 is 0 Å². The molecule has 0 aliphatic heterocycles. The molecule has 25 heavy (non-hydrogen) atoms. The third-order valence-electron chi connectivity index (χ3n) is 3.91. The van der Waals surface area contributed by atoms with E-state index in [0.29, 0.717) is 15.9 Å². The monoisotopic (exact) mass is 369 g/mol. The summed E-state index contributed by atoms with van der Waals surface area (Å²) in [7, 11) is 0. The number of aryl methyl sites for hydroxylation is 1. The van der Waals surface area contributed by atoms with Gasteiger partial charge in [-0.25, -0.2) is 9.97 Å². The molecular weight excluding hydrogens is 354 g/mol. The zero-order valence-electron chi connectivity index (χ0n) is 13.6. The van der Waals surface area contributed by atoms with Crippen molar-refractivity contribution in [3.63, 3.8) is 0 Å². The molecule has 0 fully saturated rings. The minimum Gasteiger partial charge on any atom is -0.305 e. The molecule has 0 aliphatic carbocycles. The van der Waals surface area contributed by atoms with E-state index >= 15 is 0 Å². The molecule has 1 aromatic carbocycles. The van der Waals surface area contributed by atoms with E-state index < -0.39 is 0 Å². The molecule has 1 N–H and O–H groups in total. The maximum absolute atomic E-state index is 6.00. The molecule has 0 radical (unpaired) electrons. The first-order valence-electron chi connectivity index (χ1n) is 7.99. The fraction of sp³-hybridized carbons (Fsp3) is 0.167. The van der Waals surface area contributed by atoms with Crippen LogP contribution in [0.2, 0.25) is 5.02 Å². The summed E-state index contributed by atoms with van der Waals surface area (Å²) in [6, 6.07) is 12.1. The van der Waals surface area contributed by atoms with E-state index in [4.69, 9.17) is 11.6 Å². The van der Waals surface area contributed by atoms with Gasteiger partial charge in [-0.1, -0.05) is 54.6 Å². The third kappa shape index (κ3) is 3.55. The molecule has 4 rings (SSSR count). The lowest BCUT2D eigenvalue weighted by Gasteiger charge is -1.98. The summed E-state index contributed by atoms with van der Waals surface area (Å²) in [5.41, 5.74) is 4.20. The highest BCUT2D eigenvalue weighted by Crippen LogP contribution is 2.23. The standard InChI is InChI=1S/C18H16ClN5S/c1-2-12-3-5-13(6-4-12)17-21-18(23-22-17)25-11-15-10-24-9-14(19)7-8-16(24)20-15/h3-10H,2,11H2,1H3,(H,21,22,23). The lowest BCUT2D eigenvalue weighted by Crippen LogP contribution is -1.83. The van der Waals surface area contributed by atoms with Crippen molar-refractivity contribution in [3.05, 3.63) is 65.1 Å². The van der Waals surface area contributed by atoms with Crippen molar-refractivity contribution < 1.29 is 0 Å². The topological polar surface area (TPSA) is 58.9 Å². The first kappa shape index (κ1) is 16.2. The Morgan fingerprint density at radius 3 is 2.72 bits per heavy atom. The number of pyridine rings is 1. The Kier molecular flexibility index (Phi) is 4.46. The van der Waals surface area contributed by atoms with Crippen molar-refractivity contribution in [1.82, 2.24) is 24.6 Å². The average Bonchev–Trinajstić information content (AvgIpc) is 3.26. The van der Waals surface area contributed by atoms with Crippen LogP contribution in [0.4, 0.5) is 0 Å². The second kappa shape index (κ2) is 6.90. The van der Waals surface area contributed by atoms with Gasteiger partial charge in [0.1, 0.15) is 5.65 Å². The van der Waals surface area contributed by atoms with Crippen molar-refractivity contribution in [2.45, 2.75) is 24.3 Å². The number of aromatic nitrogens is 5. The van der Waals surface area contributed by atoms with Crippen LogP contribution in [0, 0.1) is 0 Å². The number of hydrogen-bond acceptors (Lipinski definition) is 4. The largest absolute Gasteiger partial charge is 0.305 e. The summed E-state index contributed by atoms with van der Waals surface area (Å²) >= 11 is 7.56. The third-order valence-corrected chi connectivity index (χ3v) is 5.02. The molecule has 0 unspecified atom stereocenters. The molecule has 126 valence electrons. The maximum atomic E-state index is 6.00. The second-order valence-corrected chi connectivity index (χ2v) is 7.03. The van der Waals surface area contributed by atoms with Crippen molar-refractivity contribution in [2.75, 3.05) is 0 Å². The molecular formula is C18H16ClN5S. The smallest absolute Gasteiger partial charge is 0.209 e. The van der Waals surface area contributed by atoms with E-state index in [9.17, 15) is 0 Å². The predicted octanol–water partition coefficient (Wildman–Crippen LogP) is 4.63. The number of imidazole rings is 1. The van der Waals surface area contributed by atoms with Gasteiger partial charge in [0.2, 0.25) is 5.16 Å². The molecule has 3 heterocycles. The molecule has 0 spiro atoms. The van der Waals surface area contributed by atoms with Crippen LogP contribution >= 0.6 is 23.4 Å². The first-order chi connectivity index (χ1) is 12.2. The summed E-state index contributed by atoms with van der Waals surface area (Å²) in [6.45, 7) is 2.14. The summed E-state index contributed by atoms with van der Waals surface area (Å²) in [6.07, 6.45) is 4.86. The van der Waals surface area contributed by atoms with Crippen LogP contribution in [-0.4, -0.2) is 24.6 Å². The van der Waals surface area contributed by atoms with Gasteiger partial charge in [-0.05, 0) is 24.1 Å². The summed E-state index contributed by atoms with van der Waals surface area (Å²) < 4.78 is 1.93. The highest BCUT2D eigenvalue weighted by molar-refractivity contribution is 7.98. The SMILES string of the molecule is CCc1ccc(-c2nc(SCc3cn4cc(Cl)ccc4n3)n[nH]2)cc1. The zero-order valence-corrected chi connectivity index (χ0v) is 15.2. The van der Waals surface area contributed by atoms with Crippen LogP contribution in [0.1, 0.15) is 18.2 Å². The molecule has 0 aliphatic rings. The van der Waals surface area contributed by atoms with Crippen LogP contribution in [0.25, 0.3) is 17.0 Å². The van der Waals surface area contributed by atoms with Crippen molar-refractivity contribution in [2.24, 2.45) is 0 Å². The van der Waals surface area contributed by atoms with Crippen LogP contribution in [0.3, 0.4) is 0 Å². The fourth-order valence-corrected chi connectivity index (χ4v) is 3.41. The number of aromatic amines is 1. The van der Waals surface area contributed by atoms with Gasteiger partial charge < -0.3 is 4.40 Å². The molecule has 0 saturated carbocycles. The molecule has 7 heteroatoms. The van der Waals surface area contributed by atoms with Crippen LogP contribution in [0.15, 0.2) is 53.9 Å². The lowest BCUT2D eigenvalue weighted by molar-refractivity contribution is 0.972. The van der Waals surface area contributed by atoms with Crippen molar-refractivity contribution in [1.29, 1.82) is 0 Å². The summed E-state index contributed by atoms with van der Waals surface area (Å²) in [5, 5.41) is 8.70. The normalized spacial score (nSPS) is 11.3. The Bertz CT molecular complexity index is 1010. The van der Waals surface area contributed by atoms with Gasteiger partial charge in [0, 0.05) is 23.7 Å². The molecule has 4 aromatic rings. The maximum Gasteiger partial charge on any atom is 0.209 e. The molecule has 3 aromatic heterocycles. The quantitative estimate of drug-likeness (QED) is 0.521. The van der Waals surface area contributed by atoms with Crippen molar-refractivity contribution >= 4 is 29.0 Å². The Labute approximate surface area is 154 Å². The number of halogens is 1. The molecule has 0 atom stereocenters. The summed E-state index contributed by atoms with van der Waals surface area (Å²) in [4.78, 5) is 9.13. The van der Waals surface area contributed by atoms with Crippen LogP contribution in [0.5, 0.6) is 0 Å². The van der Waals surface area contributed by atoms with Crippen molar-refractivity contribution in [3.8, 4) is 11.4 Å². The van der Waals surface area contributed by atoms with E-state index in [1.807, 2.05) is 28.9 Å². The van der Waals surface area contributed by atoms with E-state index in [1.165, 1.54) is 5.56 Å². The number of fused-ring (bicyclic) bond motifs is 1. The number of H-pyrrole nitrogens is 1. The average molecular weight is 370 g/mol. The van der Waals surface area contributed by atoms with Gasteiger partial charge in [-0.2, -0.15) is 0 Å². The first-order valence-corrected chi connectivity index (χ1v) is 9.35. The van der Waals surface area contributed by atoms with E-state index in [0.717, 1.165) is 29.1 Å². The Hall–Kier alpha value is -2.31. The number of hydrogen-bond donors (Lipinski definition) is 1. The highest BCUT2D eigenvalue weighted by atomic mass is 35.5. The van der Waals surface area contributed by atoms with Gasteiger partial charge in [-0.15, -0.1) is 5.10 Å². The minimum atomic E-state index is 0.691. The van der Waals surface area contributed by atoms with Gasteiger partial charge in [0.05, 0.1) is 10.7 Å². The number of thioether (sulfide) groups is 1. The van der Waals surface area contributed by atoms with Gasteiger partial charge in [0.25, 0.3) is 0 Å². The number of rotatable bonds is 5. The van der Waals surface area contributed by atoms with Gasteiger partial charge >= 0.3 is 0 Å². The predicted molar refractivity (Wildman–Crippen MR) is 101 cm³/mol. The molecule has 0 bridgehead atoms. The molecule has 0 amide bonds. The van der Waals surface area contributed by atoms with E-state index in [1.54, 1.807) is 11.8 Å². The number of nitrogens with zero attached hydrogens (tertiary/aromatic N) is 4. The molecule has 0 saturated heterocycles. The number of benzene rings is 1.